The van der Waals surface area contributed by atoms with Crippen molar-refractivity contribution in [1.29, 1.82) is 0 Å². The predicted molar refractivity (Wildman–Crippen MR) is 81.2 cm³/mol. The van der Waals surface area contributed by atoms with Gasteiger partial charge in [0.25, 0.3) is 5.56 Å². The molecule has 1 aromatic carbocycles. The van der Waals surface area contributed by atoms with Crippen LogP contribution in [0.5, 0.6) is 0 Å². The third-order valence-electron chi connectivity index (χ3n) is 3.04. The Kier molecular flexibility index (Phi) is 4.04. The van der Waals surface area contributed by atoms with E-state index >= 15 is 0 Å². The zero-order valence-electron chi connectivity index (χ0n) is 11.3. The van der Waals surface area contributed by atoms with Gasteiger partial charge in [-0.1, -0.05) is 18.2 Å². The lowest BCUT2D eigenvalue weighted by molar-refractivity contribution is 0.683. The van der Waals surface area contributed by atoms with E-state index in [4.69, 9.17) is 0 Å². The highest BCUT2D eigenvalue weighted by Crippen LogP contribution is 2.21. The lowest BCUT2D eigenvalue weighted by Gasteiger charge is -2.16. The fourth-order valence-electron chi connectivity index (χ4n) is 2.19. The van der Waals surface area contributed by atoms with Gasteiger partial charge in [0.1, 0.15) is 0 Å². The molecule has 0 aliphatic heterocycles. The van der Waals surface area contributed by atoms with E-state index in [1.54, 1.807) is 23.9 Å². The first-order valence-corrected chi connectivity index (χ1v) is 7.87. The van der Waals surface area contributed by atoms with Crippen LogP contribution >= 0.6 is 0 Å². The normalized spacial score (nSPS) is 14.3. The molecule has 0 fully saturated rings. The largest absolute Gasteiger partial charge is 0.381 e. The topological polar surface area (TPSA) is 51.1 Å². The fraction of sp³-hybridized carbons (Fsp3) is 0.357. The standard InChI is InChI=1S/C14H18N2O2S/c1-10(9-19(3)18)15-12-8-14(17)16(2)13-7-5-4-6-11(12)13/h4-8,10,15H,9H2,1-3H3. The van der Waals surface area contributed by atoms with Crippen LogP contribution in [-0.2, 0) is 17.8 Å². The Balaban J connectivity index is 2.46. The summed E-state index contributed by atoms with van der Waals surface area (Å²) in [5.41, 5.74) is 1.64. The Hall–Kier alpha value is -1.62. The first-order chi connectivity index (χ1) is 8.99. The van der Waals surface area contributed by atoms with Crippen LogP contribution in [0.1, 0.15) is 6.92 Å². The minimum absolute atomic E-state index is 0.0500. The van der Waals surface area contributed by atoms with Crippen molar-refractivity contribution in [3.8, 4) is 0 Å². The molecule has 0 bridgehead atoms. The van der Waals surface area contributed by atoms with Crippen molar-refractivity contribution >= 4 is 27.4 Å². The summed E-state index contributed by atoms with van der Waals surface area (Å²) in [4.78, 5) is 11.9. The fourth-order valence-corrected chi connectivity index (χ4v) is 2.98. The van der Waals surface area contributed by atoms with Gasteiger partial charge in [0, 0.05) is 53.0 Å². The molecule has 0 radical (unpaired) electrons. The maximum atomic E-state index is 11.9. The molecule has 2 atom stereocenters. The molecule has 0 saturated carbocycles. The first-order valence-electron chi connectivity index (χ1n) is 6.14. The molecule has 2 aromatic rings. The molecular weight excluding hydrogens is 260 g/mol. The van der Waals surface area contributed by atoms with Crippen molar-refractivity contribution in [3.63, 3.8) is 0 Å². The smallest absolute Gasteiger partial charge is 0.252 e. The van der Waals surface area contributed by atoms with E-state index in [1.807, 2.05) is 31.2 Å². The van der Waals surface area contributed by atoms with Gasteiger partial charge in [-0.3, -0.25) is 9.00 Å². The molecule has 0 aliphatic carbocycles. The molecule has 0 aliphatic rings. The number of nitrogens with zero attached hydrogens (tertiary/aromatic N) is 1. The lowest BCUT2D eigenvalue weighted by atomic mass is 10.1. The van der Waals surface area contributed by atoms with Gasteiger partial charge in [0.05, 0.1) is 5.52 Å². The van der Waals surface area contributed by atoms with Crippen LogP contribution in [0.4, 0.5) is 5.69 Å². The predicted octanol–water partition coefficient (Wildman–Crippen LogP) is 1.72. The Bertz CT molecular complexity index is 679. The van der Waals surface area contributed by atoms with Gasteiger partial charge < -0.3 is 9.88 Å². The SMILES string of the molecule is CC(CS(C)=O)Nc1cc(=O)n(C)c2ccccc12. The summed E-state index contributed by atoms with van der Waals surface area (Å²) in [6.07, 6.45) is 1.68. The quantitative estimate of drug-likeness (QED) is 0.926. The van der Waals surface area contributed by atoms with Crippen molar-refractivity contribution < 1.29 is 4.21 Å². The van der Waals surface area contributed by atoms with Gasteiger partial charge in [-0.2, -0.15) is 0 Å². The van der Waals surface area contributed by atoms with Crippen molar-refractivity contribution in [2.75, 3.05) is 17.3 Å². The monoisotopic (exact) mass is 278 g/mol. The molecular formula is C14H18N2O2S. The van der Waals surface area contributed by atoms with E-state index in [1.165, 1.54) is 0 Å². The Labute approximate surface area is 114 Å². The van der Waals surface area contributed by atoms with Crippen LogP contribution in [0.25, 0.3) is 10.9 Å². The second kappa shape index (κ2) is 5.57. The minimum Gasteiger partial charge on any atom is -0.381 e. The Morgan fingerprint density at radius 1 is 1.37 bits per heavy atom. The number of pyridine rings is 1. The number of hydrogen-bond acceptors (Lipinski definition) is 3. The van der Waals surface area contributed by atoms with E-state index in [0.29, 0.717) is 5.75 Å². The zero-order valence-corrected chi connectivity index (χ0v) is 12.2. The third-order valence-corrected chi connectivity index (χ3v) is 4.01. The number of fused-ring (bicyclic) bond motifs is 1. The Morgan fingerprint density at radius 3 is 2.74 bits per heavy atom. The average Bonchev–Trinajstić information content (AvgIpc) is 2.34. The van der Waals surface area contributed by atoms with E-state index in [0.717, 1.165) is 16.6 Å². The highest BCUT2D eigenvalue weighted by molar-refractivity contribution is 7.84. The molecule has 102 valence electrons. The van der Waals surface area contributed by atoms with Gasteiger partial charge in [-0.25, -0.2) is 0 Å². The number of aryl methyl sites for hydroxylation is 1. The molecule has 2 rings (SSSR count). The highest BCUT2D eigenvalue weighted by Gasteiger charge is 2.09. The highest BCUT2D eigenvalue weighted by atomic mass is 32.2. The van der Waals surface area contributed by atoms with Crippen LogP contribution in [-0.4, -0.2) is 26.8 Å². The summed E-state index contributed by atoms with van der Waals surface area (Å²) in [7, 11) is 0.904. The maximum Gasteiger partial charge on any atom is 0.252 e. The number of hydrogen-bond donors (Lipinski definition) is 1. The second-order valence-electron chi connectivity index (χ2n) is 4.76. The van der Waals surface area contributed by atoms with Crippen LogP contribution in [0.3, 0.4) is 0 Å². The summed E-state index contributed by atoms with van der Waals surface area (Å²) in [5.74, 6) is 0.559. The zero-order chi connectivity index (χ0) is 14.0. The lowest BCUT2D eigenvalue weighted by Crippen LogP contribution is -2.24. The number of anilines is 1. The van der Waals surface area contributed by atoms with Crippen LogP contribution in [0.2, 0.25) is 0 Å². The van der Waals surface area contributed by atoms with E-state index < -0.39 is 10.8 Å². The average molecular weight is 278 g/mol. The van der Waals surface area contributed by atoms with Gasteiger partial charge in [-0.15, -0.1) is 0 Å². The van der Waals surface area contributed by atoms with Gasteiger partial charge in [0.2, 0.25) is 0 Å². The summed E-state index contributed by atoms with van der Waals surface area (Å²) in [6, 6.07) is 9.41. The number of nitrogens with one attached hydrogen (secondary N) is 1. The molecule has 0 spiro atoms. The number of para-hydroxylation sites is 1. The Morgan fingerprint density at radius 2 is 2.05 bits per heavy atom. The second-order valence-corrected chi connectivity index (χ2v) is 6.24. The number of aromatic nitrogens is 1. The summed E-state index contributed by atoms with van der Waals surface area (Å²) in [5, 5.41) is 4.28. The van der Waals surface area contributed by atoms with Crippen LogP contribution < -0.4 is 10.9 Å². The van der Waals surface area contributed by atoms with Crippen molar-refractivity contribution in [2.24, 2.45) is 7.05 Å². The number of rotatable bonds is 4. The van der Waals surface area contributed by atoms with Crippen molar-refractivity contribution in [1.82, 2.24) is 4.57 Å². The molecule has 4 nitrogen and oxygen atoms in total. The number of benzene rings is 1. The summed E-state index contributed by atoms with van der Waals surface area (Å²) in [6.45, 7) is 1.97. The van der Waals surface area contributed by atoms with Crippen molar-refractivity contribution in [3.05, 3.63) is 40.7 Å². The molecule has 1 aromatic heterocycles. The summed E-state index contributed by atoms with van der Waals surface area (Å²) >= 11 is 0. The molecule has 0 saturated heterocycles. The molecule has 5 heteroatoms. The molecule has 1 N–H and O–H groups in total. The third kappa shape index (κ3) is 3.04. The van der Waals surface area contributed by atoms with Gasteiger partial charge in [-0.05, 0) is 13.0 Å². The van der Waals surface area contributed by atoms with Gasteiger partial charge >= 0.3 is 0 Å². The minimum atomic E-state index is -0.859. The maximum absolute atomic E-state index is 11.9. The first kappa shape index (κ1) is 13.8. The summed E-state index contributed by atoms with van der Waals surface area (Å²) < 4.78 is 12.9. The van der Waals surface area contributed by atoms with E-state index in [2.05, 4.69) is 5.32 Å². The van der Waals surface area contributed by atoms with E-state index in [9.17, 15) is 9.00 Å². The molecule has 19 heavy (non-hydrogen) atoms. The van der Waals surface area contributed by atoms with Crippen molar-refractivity contribution in [2.45, 2.75) is 13.0 Å². The molecule has 1 heterocycles. The molecule has 2 unspecified atom stereocenters. The van der Waals surface area contributed by atoms with Gasteiger partial charge in [0.15, 0.2) is 0 Å². The van der Waals surface area contributed by atoms with Crippen LogP contribution in [0, 0.1) is 0 Å². The van der Waals surface area contributed by atoms with Crippen LogP contribution in [0.15, 0.2) is 35.1 Å². The molecule has 0 amide bonds. The van der Waals surface area contributed by atoms with E-state index in [-0.39, 0.29) is 11.6 Å².